The lowest BCUT2D eigenvalue weighted by molar-refractivity contribution is -0.137. The number of benzene rings is 1. The Labute approximate surface area is 151 Å². The molecule has 0 spiro atoms. The highest BCUT2D eigenvalue weighted by Gasteiger charge is 2.31. The molecule has 3 rings (SSSR count). The van der Waals surface area contributed by atoms with Crippen LogP contribution < -0.4 is 5.32 Å². The van der Waals surface area contributed by atoms with Crippen LogP contribution in [0.25, 0.3) is 0 Å². The first kappa shape index (κ1) is 19.0. The molecule has 0 saturated carbocycles. The molecule has 1 aromatic carbocycles. The van der Waals surface area contributed by atoms with E-state index in [9.17, 15) is 13.2 Å². The van der Waals surface area contributed by atoms with Crippen LogP contribution in [-0.2, 0) is 17.5 Å². The third-order valence-electron chi connectivity index (χ3n) is 4.97. The molecule has 0 aromatic heterocycles. The van der Waals surface area contributed by atoms with Crippen molar-refractivity contribution in [2.75, 3.05) is 46.4 Å². The predicted molar refractivity (Wildman–Crippen MR) is 94.0 cm³/mol. The number of nitrogens with one attached hydrogen (secondary N) is 1. The number of likely N-dealkylation sites (tertiary alicyclic amines) is 1. The van der Waals surface area contributed by atoms with Crippen molar-refractivity contribution in [2.24, 2.45) is 4.99 Å². The van der Waals surface area contributed by atoms with Gasteiger partial charge in [0.15, 0.2) is 5.96 Å². The summed E-state index contributed by atoms with van der Waals surface area (Å²) in [6.45, 7) is 5.80. The van der Waals surface area contributed by atoms with Crippen molar-refractivity contribution in [3.05, 3.63) is 35.4 Å². The molecule has 8 heteroatoms. The number of guanidine groups is 1. The van der Waals surface area contributed by atoms with E-state index in [0.717, 1.165) is 69.5 Å². The minimum absolute atomic E-state index is 0.448. The molecule has 2 aliphatic rings. The Morgan fingerprint density at radius 3 is 2.50 bits per heavy atom. The molecule has 5 nitrogen and oxygen atoms in total. The van der Waals surface area contributed by atoms with E-state index in [-0.39, 0.29) is 0 Å². The Bertz CT molecular complexity index is 612. The van der Waals surface area contributed by atoms with Gasteiger partial charge in [0.2, 0.25) is 0 Å². The molecular weight excluding hydrogens is 345 g/mol. The summed E-state index contributed by atoms with van der Waals surface area (Å²) >= 11 is 0. The smallest absolute Gasteiger partial charge is 0.379 e. The topological polar surface area (TPSA) is 40.1 Å². The van der Waals surface area contributed by atoms with Crippen molar-refractivity contribution in [3.8, 4) is 0 Å². The lowest BCUT2D eigenvalue weighted by atomic mass is 10.1. The highest BCUT2D eigenvalue weighted by atomic mass is 19.4. The summed E-state index contributed by atoms with van der Waals surface area (Å²) in [6, 6.07) is 5.74. The molecule has 144 valence electrons. The van der Waals surface area contributed by atoms with Crippen LogP contribution in [0, 0.1) is 0 Å². The van der Waals surface area contributed by atoms with Crippen LogP contribution >= 0.6 is 0 Å². The van der Waals surface area contributed by atoms with Gasteiger partial charge in [-0.1, -0.05) is 12.1 Å². The largest absolute Gasteiger partial charge is 0.416 e. The summed E-state index contributed by atoms with van der Waals surface area (Å²) in [4.78, 5) is 9.01. The summed E-state index contributed by atoms with van der Waals surface area (Å²) in [5.41, 5.74) is 0.168. The molecule has 2 aliphatic heterocycles. The van der Waals surface area contributed by atoms with Crippen LogP contribution in [0.4, 0.5) is 13.2 Å². The van der Waals surface area contributed by atoms with E-state index in [2.05, 4.69) is 20.1 Å². The highest BCUT2D eigenvalue weighted by Crippen LogP contribution is 2.29. The normalized spacial score (nSPS) is 22.7. The molecule has 26 heavy (non-hydrogen) atoms. The van der Waals surface area contributed by atoms with Crippen molar-refractivity contribution in [1.82, 2.24) is 15.1 Å². The minimum Gasteiger partial charge on any atom is -0.379 e. The Kier molecular flexibility index (Phi) is 6.03. The first-order valence-corrected chi connectivity index (χ1v) is 8.91. The number of aliphatic imine (C=N–C) groups is 1. The zero-order chi connectivity index (χ0) is 18.6. The van der Waals surface area contributed by atoms with Crippen molar-refractivity contribution in [1.29, 1.82) is 0 Å². The van der Waals surface area contributed by atoms with Crippen LogP contribution in [0.1, 0.15) is 17.5 Å². The number of nitrogens with zero attached hydrogens (tertiary/aromatic N) is 3. The molecule has 2 saturated heterocycles. The summed E-state index contributed by atoms with van der Waals surface area (Å²) in [7, 11) is 1.73. The Balaban J connectivity index is 1.52. The van der Waals surface area contributed by atoms with Gasteiger partial charge in [-0.15, -0.1) is 0 Å². The van der Waals surface area contributed by atoms with Gasteiger partial charge in [0.1, 0.15) is 0 Å². The predicted octanol–water partition coefficient (Wildman–Crippen LogP) is 2.19. The monoisotopic (exact) mass is 370 g/mol. The molecule has 2 fully saturated rings. The van der Waals surface area contributed by atoms with E-state index < -0.39 is 11.7 Å². The van der Waals surface area contributed by atoms with Crippen molar-refractivity contribution in [3.63, 3.8) is 0 Å². The number of rotatable bonds is 3. The fourth-order valence-electron chi connectivity index (χ4n) is 3.50. The number of ether oxygens (including phenoxy) is 1. The second kappa shape index (κ2) is 8.26. The van der Waals surface area contributed by atoms with E-state index in [1.54, 1.807) is 7.05 Å². The molecule has 1 unspecified atom stereocenters. The summed E-state index contributed by atoms with van der Waals surface area (Å²) in [5.74, 6) is 0.792. The molecule has 0 amide bonds. The third kappa shape index (κ3) is 4.67. The maximum absolute atomic E-state index is 12.6. The van der Waals surface area contributed by atoms with E-state index in [1.807, 2.05) is 0 Å². The molecule has 0 radical (unpaired) electrons. The summed E-state index contributed by atoms with van der Waals surface area (Å²) < 4.78 is 43.3. The van der Waals surface area contributed by atoms with Gasteiger partial charge in [-0.05, 0) is 24.1 Å². The van der Waals surface area contributed by atoms with Crippen molar-refractivity contribution < 1.29 is 17.9 Å². The Morgan fingerprint density at radius 2 is 1.88 bits per heavy atom. The number of hydrogen-bond donors (Lipinski definition) is 1. The van der Waals surface area contributed by atoms with Crippen molar-refractivity contribution >= 4 is 5.96 Å². The minimum atomic E-state index is -4.30. The lowest BCUT2D eigenvalue weighted by Gasteiger charge is -2.32. The second-order valence-electron chi connectivity index (χ2n) is 6.63. The maximum atomic E-state index is 12.6. The molecule has 0 aliphatic carbocycles. The van der Waals surface area contributed by atoms with E-state index >= 15 is 0 Å². The van der Waals surface area contributed by atoms with Crippen LogP contribution in [-0.4, -0.2) is 68.2 Å². The average molecular weight is 370 g/mol. The van der Waals surface area contributed by atoms with Crippen LogP contribution in [0.15, 0.2) is 29.3 Å². The van der Waals surface area contributed by atoms with Gasteiger partial charge in [-0.25, -0.2) is 0 Å². The second-order valence-corrected chi connectivity index (χ2v) is 6.63. The van der Waals surface area contributed by atoms with E-state index in [4.69, 9.17) is 4.74 Å². The fraction of sp³-hybridized carbons (Fsp3) is 0.611. The highest BCUT2D eigenvalue weighted by molar-refractivity contribution is 5.80. The summed E-state index contributed by atoms with van der Waals surface area (Å²) in [6.07, 6.45) is -3.22. The van der Waals surface area contributed by atoms with Gasteiger partial charge in [-0.2, -0.15) is 13.2 Å². The zero-order valence-corrected chi connectivity index (χ0v) is 14.9. The van der Waals surface area contributed by atoms with E-state index in [1.165, 1.54) is 12.1 Å². The standard InChI is InChI=1S/C18H25F3N4O/c1-22-17(23-12-14-2-4-15(5-3-14)18(19,20)21)25-7-6-16(13-25)24-8-10-26-11-9-24/h2-5,16H,6-13H2,1H3,(H,22,23). The number of morpholine rings is 1. The van der Waals surface area contributed by atoms with Crippen molar-refractivity contribution in [2.45, 2.75) is 25.2 Å². The van der Waals surface area contributed by atoms with Gasteiger partial charge in [-0.3, -0.25) is 9.89 Å². The average Bonchev–Trinajstić information content (AvgIpc) is 3.13. The van der Waals surface area contributed by atoms with Gasteiger partial charge in [0.25, 0.3) is 0 Å². The molecule has 0 bridgehead atoms. The fourth-order valence-corrected chi connectivity index (χ4v) is 3.50. The first-order chi connectivity index (χ1) is 12.5. The zero-order valence-electron chi connectivity index (χ0n) is 14.9. The Morgan fingerprint density at radius 1 is 1.19 bits per heavy atom. The van der Waals surface area contributed by atoms with Gasteiger partial charge < -0.3 is 15.0 Å². The summed E-state index contributed by atoms with van der Waals surface area (Å²) in [5, 5.41) is 3.26. The van der Waals surface area contributed by atoms with Gasteiger partial charge in [0, 0.05) is 45.8 Å². The number of alkyl halides is 3. The molecule has 1 N–H and O–H groups in total. The quantitative estimate of drug-likeness (QED) is 0.654. The molecule has 1 atom stereocenters. The van der Waals surface area contributed by atoms with Gasteiger partial charge >= 0.3 is 6.18 Å². The molecule has 1 aromatic rings. The van der Waals surface area contributed by atoms with Gasteiger partial charge in [0.05, 0.1) is 18.8 Å². The third-order valence-corrected chi connectivity index (χ3v) is 4.97. The number of hydrogen-bond acceptors (Lipinski definition) is 3. The first-order valence-electron chi connectivity index (χ1n) is 8.91. The maximum Gasteiger partial charge on any atom is 0.416 e. The Hall–Kier alpha value is -1.80. The van der Waals surface area contributed by atoms with Crippen LogP contribution in [0.2, 0.25) is 0 Å². The van der Waals surface area contributed by atoms with Crippen LogP contribution in [0.3, 0.4) is 0 Å². The molecular formula is C18H25F3N4O. The van der Waals surface area contributed by atoms with E-state index in [0.29, 0.717) is 12.6 Å². The lowest BCUT2D eigenvalue weighted by Crippen LogP contribution is -2.46. The SMILES string of the molecule is CN=C(NCc1ccc(C(F)(F)F)cc1)N1CCC(N2CCOCC2)C1. The van der Waals surface area contributed by atoms with Crippen LogP contribution in [0.5, 0.6) is 0 Å². The molecule has 2 heterocycles. The number of halogens is 3.